The minimum atomic E-state index is -1.58. The number of nitrogens with zero attached hydrogens (tertiary/aromatic N) is 4. The average molecular weight is 561 g/mol. The molecule has 2 amide bonds. The zero-order valence-electron chi connectivity index (χ0n) is 20.0. The van der Waals surface area contributed by atoms with Gasteiger partial charge in [0.1, 0.15) is 22.7 Å². The number of rotatable bonds is 8. The molecule has 3 rings (SSSR count). The summed E-state index contributed by atoms with van der Waals surface area (Å²) < 4.78 is 9.29. The van der Waals surface area contributed by atoms with Crippen LogP contribution in [0.25, 0.3) is 0 Å². The maximum atomic E-state index is 13.1. The number of nitrogen functional groups attached to an aromatic ring is 1. The molecule has 4 N–H and O–H groups in total. The molecular formula is C20H25ClN6O7S2. The van der Waals surface area contributed by atoms with E-state index in [0.29, 0.717) is 5.57 Å². The first-order valence-corrected chi connectivity index (χ1v) is 12.9. The van der Waals surface area contributed by atoms with Gasteiger partial charge in [0.25, 0.3) is 11.8 Å². The Balaban J connectivity index is 1.82. The van der Waals surface area contributed by atoms with Crippen LogP contribution in [0.1, 0.15) is 40.4 Å². The topological polar surface area (TPSA) is 186 Å². The molecule has 2 atom stereocenters. The van der Waals surface area contributed by atoms with Crippen molar-refractivity contribution < 1.29 is 33.9 Å². The number of ether oxygens (including phenoxy) is 1. The first-order valence-electron chi connectivity index (χ1n) is 10.5. The highest BCUT2D eigenvalue weighted by atomic mass is 35.5. The lowest BCUT2D eigenvalue weighted by Gasteiger charge is -2.49. The van der Waals surface area contributed by atoms with Gasteiger partial charge in [0.2, 0.25) is 17.1 Å². The highest BCUT2D eigenvalue weighted by Gasteiger charge is 2.54. The summed E-state index contributed by atoms with van der Waals surface area (Å²) in [6.45, 7) is 7.88. The van der Waals surface area contributed by atoms with E-state index in [1.165, 1.54) is 25.6 Å². The number of aromatic nitrogens is 2. The number of nitrogens with two attached hydrogens (primary N) is 1. The first kappa shape index (κ1) is 27.7. The second kappa shape index (κ2) is 10.2. The number of carboxylic acid groups (broad SMARTS) is 1. The molecule has 1 aromatic heterocycles. The van der Waals surface area contributed by atoms with Crippen LogP contribution in [0.2, 0.25) is 0 Å². The zero-order valence-corrected chi connectivity index (χ0v) is 22.4. The normalized spacial score (nSPS) is 20.4. The van der Waals surface area contributed by atoms with Crippen LogP contribution in [-0.2, 0) is 28.8 Å². The van der Waals surface area contributed by atoms with Gasteiger partial charge in [0.05, 0.1) is 0 Å². The van der Waals surface area contributed by atoms with Crippen molar-refractivity contribution in [2.45, 2.75) is 57.2 Å². The number of β-lactam (4-membered cyclic amide) rings is 1. The molecule has 16 heteroatoms. The molecular weight excluding hydrogens is 536 g/mol. The zero-order chi connectivity index (χ0) is 27.0. The highest BCUT2D eigenvalue weighted by Crippen LogP contribution is 2.40. The number of amides is 2. The van der Waals surface area contributed by atoms with Crippen LogP contribution in [0.3, 0.4) is 0 Å². The second-order valence-electron chi connectivity index (χ2n) is 9.25. The molecule has 0 bridgehead atoms. The number of fused-ring (bicyclic) bond motifs is 1. The van der Waals surface area contributed by atoms with Gasteiger partial charge >= 0.3 is 11.9 Å². The molecule has 0 spiro atoms. The number of carbonyl (C=O) groups is 4. The number of hydrogen-bond donors (Lipinski definition) is 3. The van der Waals surface area contributed by atoms with Crippen LogP contribution in [0.5, 0.6) is 0 Å². The smallest absolute Gasteiger partial charge is 0.353 e. The predicted octanol–water partition coefficient (Wildman–Crippen LogP) is 0.939. The van der Waals surface area contributed by atoms with Crippen molar-refractivity contribution in [2.75, 3.05) is 17.4 Å². The van der Waals surface area contributed by atoms with Crippen LogP contribution in [0.4, 0.5) is 5.13 Å². The van der Waals surface area contributed by atoms with Gasteiger partial charge in [-0.1, -0.05) is 5.16 Å². The number of anilines is 1. The largest absolute Gasteiger partial charge is 0.477 e. The number of aliphatic carboxylic acids is 1. The number of nitrogens with one attached hydrogen (secondary N) is 1. The van der Waals surface area contributed by atoms with E-state index in [9.17, 15) is 24.3 Å². The van der Waals surface area contributed by atoms with Crippen molar-refractivity contribution in [2.24, 2.45) is 5.16 Å². The summed E-state index contributed by atoms with van der Waals surface area (Å²) in [5.74, 6) is -3.45. The van der Waals surface area contributed by atoms with Gasteiger partial charge in [-0.15, -0.1) is 23.4 Å². The Bertz CT molecular complexity index is 1160. The lowest BCUT2D eigenvalue weighted by Crippen LogP contribution is -2.71. The number of thioether (sulfide) groups is 1. The Morgan fingerprint density at radius 3 is 2.50 bits per heavy atom. The van der Waals surface area contributed by atoms with Crippen LogP contribution in [-0.4, -0.2) is 83.1 Å². The van der Waals surface area contributed by atoms with E-state index in [2.05, 4.69) is 19.8 Å². The highest BCUT2D eigenvalue weighted by molar-refractivity contribution is 8.00. The van der Waals surface area contributed by atoms with Crippen molar-refractivity contribution >= 4 is 69.5 Å². The van der Waals surface area contributed by atoms with Crippen LogP contribution in [0.15, 0.2) is 16.4 Å². The van der Waals surface area contributed by atoms with E-state index in [-0.39, 0.29) is 28.3 Å². The van der Waals surface area contributed by atoms with Crippen molar-refractivity contribution in [3.8, 4) is 0 Å². The standard InChI is InChI=1S/C20H25ClN6O7S2/c1-19(2,3)33-17(32)20(4,5)34-25-9(12-24-18(22)36-26-12)13(28)23-10-14(29)27-11(16(30)31)8(6-21)7-35-15(10)27/h10,15H,6-7H2,1-5H3,(H,23,28)(H,30,31)(H2,22,24,26)/t10?,15-/m0/s1. The number of carbonyl (C=O) groups excluding carboxylic acids is 3. The maximum absolute atomic E-state index is 13.1. The molecule has 196 valence electrons. The summed E-state index contributed by atoms with van der Waals surface area (Å²) in [5, 5.41) is 15.3. The minimum absolute atomic E-state index is 0.0410. The first-order chi connectivity index (χ1) is 16.7. The quantitative estimate of drug-likeness (QED) is 0.135. The van der Waals surface area contributed by atoms with Gasteiger partial charge in [-0.25, -0.2) is 9.59 Å². The van der Waals surface area contributed by atoms with Gasteiger partial charge in [0, 0.05) is 23.2 Å². The number of hydrogen-bond acceptors (Lipinski definition) is 12. The molecule has 3 heterocycles. The average Bonchev–Trinajstić information content (AvgIpc) is 3.20. The summed E-state index contributed by atoms with van der Waals surface area (Å²) in [7, 11) is 0. The fourth-order valence-corrected chi connectivity index (χ4v) is 5.22. The van der Waals surface area contributed by atoms with E-state index in [0.717, 1.165) is 16.4 Å². The summed E-state index contributed by atoms with van der Waals surface area (Å²) >= 11 is 7.91. The Morgan fingerprint density at radius 2 is 1.97 bits per heavy atom. The molecule has 0 radical (unpaired) electrons. The van der Waals surface area contributed by atoms with Gasteiger partial charge in [-0.05, 0) is 40.2 Å². The Labute approximate surface area is 219 Å². The predicted molar refractivity (Wildman–Crippen MR) is 132 cm³/mol. The summed E-state index contributed by atoms with van der Waals surface area (Å²) in [4.78, 5) is 60.5. The number of oxime groups is 1. The second-order valence-corrected chi connectivity index (χ2v) is 11.4. The Hall–Kier alpha value is -2.91. The third-order valence-corrected chi connectivity index (χ3v) is 7.03. The van der Waals surface area contributed by atoms with E-state index < -0.39 is 52.1 Å². The fourth-order valence-electron chi connectivity index (χ4n) is 3.11. The molecule has 13 nitrogen and oxygen atoms in total. The molecule has 1 fully saturated rings. The van der Waals surface area contributed by atoms with Crippen molar-refractivity contribution in [3.63, 3.8) is 0 Å². The van der Waals surface area contributed by atoms with Gasteiger partial charge in [0.15, 0.2) is 5.13 Å². The monoisotopic (exact) mass is 560 g/mol. The number of halogens is 1. The lowest BCUT2D eigenvalue weighted by atomic mass is 10.0. The van der Waals surface area contributed by atoms with E-state index in [1.807, 2.05) is 0 Å². The summed E-state index contributed by atoms with van der Waals surface area (Å²) in [5.41, 5.74) is 3.07. The molecule has 2 aliphatic rings. The lowest BCUT2D eigenvalue weighted by molar-refractivity contribution is -0.179. The molecule has 1 unspecified atom stereocenters. The summed E-state index contributed by atoms with van der Waals surface area (Å²) in [6.07, 6.45) is 0. The van der Waals surface area contributed by atoms with Gasteiger partial charge in [-0.3, -0.25) is 14.5 Å². The molecule has 0 aromatic carbocycles. The van der Waals surface area contributed by atoms with Crippen molar-refractivity contribution in [1.29, 1.82) is 0 Å². The van der Waals surface area contributed by atoms with Crippen molar-refractivity contribution in [1.82, 2.24) is 19.6 Å². The third kappa shape index (κ3) is 5.73. The molecule has 1 saturated heterocycles. The Kier molecular flexibility index (Phi) is 7.86. The molecule has 0 saturated carbocycles. The van der Waals surface area contributed by atoms with Gasteiger partial charge in [-0.2, -0.15) is 9.36 Å². The SMILES string of the molecule is CC(C)(C)OC(=O)C(C)(C)ON=C(C(=O)NC1C(=O)N2C(C(=O)O)=C(CCl)CS[C@@H]12)c1nsc(N)n1. The van der Waals surface area contributed by atoms with Crippen molar-refractivity contribution in [3.05, 3.63) is 17.1 Å². The van der Waals surface area contributed by atoms with Crippen LogP contribution >= 0.6 is 34.9 Å². The van der Waals surface area contributed by atoms with E-state index in [4.69, 9.17) is 26.9 Å². The van der Waals surface area contributed by atoms with Gasteiger partial charge < -0.3 is 25.7 Å². The number of esters is 1. The minimum Gasteiger partial charge on any atom is -0.477 e. The third-order valence-electron chi connectivity index (χ3n) is 4.82. The maximum Gasteiger partial charge on any atom is 0.353 e. The van der Waals surface area contributed by atoms with Crippen LogP contribution in [0, 0.1) is 0 Å². The molecule has 1 aromatic rings. The Morgan fingerprint density at radius 1 is 1.31 bits per heavy atom. The van der Waals surface area contributed by atoms with Crippen LogP contribution < -0.4 is 11.1 Å². The molecule has 36 heavy (non-hydrogen) atoms. The number of alkyl halides is 1. The number of carboxylic acids is 1. The summed E-state index contributed by atoms with van der Waals surface area (Å²) in [6, 6.07) is -1.05. The van der Waals surface area contributed by atoms with E-state index >= 15 is 0 Å². The van der Waals surface area contributed by atoms with E-state index in [1.54, 1.807) is 20.8 Å². The fraction of sp³-hybridized carbons (Fsp3) is 0.550. The molecule has 0 aliphatic carbocycles. The molecule has 2 aliphatic heterocycles.